The molecule has 1 aliphatic rings. The van der Waals surface area contributed by atoms with Crippen LogP contribution >= 0.6 is 11.3 Å². The summed E-state index contributed by atoms with van der Waals surface area (Å²) in [4.78, 5) is 12.5. The van der Waals surface area contributed by atoms with Crippen LogP contribution in [0.4, 0.5) is 5.69 Å². The number of nitrogens with zero attached hydrogens (tertiary/aromatic N) is 2. The Morgan fingerprint density at radius 2 is 1.78 bits per heavy atom. The van der Waals surface area contributed by atoms with Crippen molar-refractivity contribution in [2.24, 2.45) is 0 Å². The van der Waals surface area contributed by atoms with Gasteiger partial charge in [-0.1, -0.05) is 25.0 Å². The highest BCUT2D eigenvalue weighted by molar-refractivity contribution is 7.91. The predicted molar refractivity (Wildman–Crippen MR) is 126 cm³/mol. The summed E-state index contributed by atoms with van der Waals surface area (Å²) in [5.74, 6) is -0.295. The van der Waals surface area contributed by atoms with E-state index in [2.05, 4.69) is 5.32 Å². The van der Waals surface area contributed by atoms with Gasteiger partial charge >= 0.3 is 0 Å². The Hall–Kier alpha value is -1.79. The van der Waals surface area contributed by atoms with Gasteiger partial charge in [0.05, 0.1) is 4.90 Å². The summed E-state index contributed by atoms with van der Waals surface area (Å²) in [5.41, 5.74) is 0.408. The molecule has 1 N–H and O–H groups in total. The summed E-state index contributed by atoms with van der Waals surface area (Å²) in [5, 5.41) is 4.43. The van der Waals surface area contributed by atoms with Crippen molar-refractivity contribution in [2.75, 3.05) is 32.0 Å². The van der Waals surface area contributed by atoms with E-state index < -0.39 is 20.0 Å². The molecule has 0 saturated carbocycles. The zero-order valence-corrected chi connectivity index (χ0v) is 20.5. The lowest BCUT2D eigenvalue weighted by atomic mass is 10.2. The quantitative estimate of drug-likeness (QED) is 0.570. The fourth-order valence-corrected chi connectivity index (χ4v) is 7.51. The van der Waals surface area contributed by atoms with Crippen LogP contribution < -0.4 is 5.32 Å². The molecule has 1 aliphatic heterocycles. The number of hydrogen-bond acceptors (Lipinski definition) is 6. The first-order valence-electron chi connectivity index (χ1n) is 10.6. The van der Waals surface area contributed by atoms with E-state index in [1.54, 1.807) is 35.7 Å². The first-order valence-corrected chi connectivity index (χ1v) is 14.4. The monoisotopic (exact) mass is 499 g/mol. The Balaban J connectivity index is 1.55. The standard InChI is InChI=1S/C21H29N3O5S3/c1-23(32(28,29)21-12-8-16-30-21)13-7-11-20(25)22-18-9-6-10-19(17-18)31(26,27)24-14-4-2-3-5-15-24/h6,8-10,12,16-17H,2-5,7,11,13-15H2,1H3,(H,22,25). The fourth-order valence-electron chi connectivity index (χ4n) is 3.54. The summed E-state index contributed by atoms with van der Waals surface area (Å²) in [6.45, 7) is 1.23. The molecule has 2 heterocycles. The zero-order valence-electron chi connectivity index (χ0n) is 18.1. The summed E-state index contributed by atoms with van der Waals surface area (Å²) in [6.07, 6.45) is 4.24. The van der Waals surface area contributed by atoms with Crippen molar-refractivity contribution in [3.05, 3.63) is 41.8 Å². The number of carbonyl (C=O) groups excluding carboxylic acids is 1. The Kier molecular flexibility index (Phi) is 8.45. The van der Waals surface area contributed by atoms with Gasteiger partial charge in [-0.15, -0.1) is 11.3 Å². The Morgan fingerprint density at radius 3 is 2.44 bits per heavy atom. The predicted octanol–water partition coefficient (Wildman–Crippen LogP) is 3.35. The van der Waals surface area contributed by atoms with Crippen LogP contribution in [0.2, 0.25) is 0 Å². The number of rotatable bonds is 9. The van der Waals surface area contributed by atoms with Gasteiger partial charge in [0, 0.05) is 38.8 Å². The van der Waals surface area contributed by atoms with Gasteiger partial charge in [-0.3, -0.25) is 4.79 Å². The topological polar surface area (TPSA) is 104 Å². The minimum Gasteiger partial charge on any atom is -0.326 e. The molecule has 0 aliphatic carbocycles. The van der Waals surface area contributed by atoms with Gasteiger partial charge in [-0.2, -0.15) is 4.31 Å². The lowest BCUT2D eigenvalue weighted by Gasteiger charge is -2.20. The van der Waals surface area contributed by atoms with Crippen molar-refractivity contribution in [1.29, 1.82) is 0 Å². The van der Waals surface area contributed by atoms with E-state index >= 15 is 0 Å². The highest BCUT2D eigenvalue weighted by Crippen LogP contribution is 2.23. The number of nitrogens with one attached hydrogen (secondary N) is 1. The van der Waals surface area contributed by atoms with E-state index in [4.69, 9.17) is 0 Å². The van der Waals surface area contributed by atoms with Gasteiger partial charge in [-0.25, -0.2) is 21.1 Å². The van der Waals surface area contributed by atoms with Crippen molar-refractivity contribution in [3.63, 3.8) is 0 Å². The van der Waals surface area contributed by atoms with E-state index in [0.717, 1.165) is 37.0 Å². The van der Waals surface area contributed by atoms with E-state index in [1.165, 1.54) is 21.7 Å². The number of sulfonamides is 2. The van der Waals surface area contributed by atoms with Gasteiger partial charge in [0.25, 0.3) is 10.0 Å². The van der Waals surface area contributed by atoms with Gasteiger partial charge < -0.3 is 5.32 Å². The highest BCUT2D eigenvalue weighted by Gasteiger charge is 2.25. The van der Waals surface area contributed by atoms with E-state index in [1.807, 2.05) is 0 Å². The third kappa shape index (κ3) is 6.16. The Morgan fingerprint density at radius 1 is 1.06 bits per heavy atom. The number of amides is 1. The molecule has 0 radical (unpaired) electrons. The molecule has 1 aromatic carbocycles. The van der Waals surface area contributed by atoms with Gasteiger partial charge in [0.1, 0.15) is 4.21 Å². The maximum atomic E-state index is 13.0. The lowest BCUT2D eigenvalue weighted by molar-refractivity contribution is -0.116. The van der Waals surface area contributed by atoms with E-state index in [-0.39, 0.29) is 28.0 Å². The van der Waals surface area contributed by atoms with E-state index in [0.29, 0.717) is 25.2 Å². The third-order valence-electron chi connectivity index (χ3n) is 5.36. The van der Waals surface area contributed by atoms with E-state index in [9.17, 15) is 21.6 Å². The second-order valence-corrected chi connectivity index (χ2v) is 12.9. The number of carbonyl (C=O) groups is 1. The Labute approximate surface area is 194 Å². The van der Waals surface area contributed by atoms with Gasteiger partial charge in [-0.05, 0) is 48.9 Å². The SMILES string of the molecule is CN(CCCC(=O)Nc1cccc(S(=O)(=O)N2CCCCCC2)c1)S(=O)(=O)c1cccs1. The zero-order chi connectivity index (χ0) is 23.2. The average Bonchev–Trinajstić information content (AvgIpc) is 3.17. The molecule has 176 valence electrons. The van der Waals surface area contributed by atoms with Crippen LogP contribution in [0.3, 0.4) is 0 Å². The number of anilines is 1. The Bertz CT molecular complexity index is 1110. The maximum absolute atomic E-state index is 13.0. The van der Waals surface area contributed by atoms with Crippen LogP contribution in [0.25, 0.3) is 0 Å². The molecule has 0 unspecified atom stereocenters. The smallest absolute Gasteiger partial charge is 0.252 e. The first kappa shape index (κ1) is 24.8. The minimum atomic E-state index is -3.60. The molecular weight excluding hydrogens is 470 g/mol. The minimum absolute atomic E-state index is 0.118. The number of hydrogen-bond donors (Lipinski definition) is 1. The third-order valence-corrected chi connectivity index (χ3v) is 10.5. The second kappa shape index (κ2) is 10.9. The van der Waals surface area contributed by atoms with Crippen molar-refractivity contribution >= 4 is 43.0 Å². The van der Waals surface area contributed by atoms with Crippen molar-refractivity contribution in [1.82, 2.24) is 8.61 Å². The molecule has 1 aromatic heterocycles. The summed E-state index contributed by atoms with van der Waals surface area (Å²) in [7, 11) is -5.65. The first-order chi connectivity index (χ1) is 15.2. The molecule has 1 amide bonds. The molecule has 0 spiro atoms. The van der Waals surface area contributed by atoms with Crippen molar-refractivity contribution in [2.45, 2.75) is 47.6 Å². The average molecular weight is 500 g/mol. The van der Waals surface area contributed by atoms with Crippen molar-refractivity contribution in [3.8, 4) is 0 Å². The molecule has 2 aromatic rings. The molecule has 3 rings (SSSR count). The normalized spacial score (nSPS) is 16.1. The molecule has 0 atom stereocenters. The molecule has 11 heteroatoms. The van der Waals surface area contributed by atoms with Crippen LogP contribution in [0.5, 0.6) is 0 Å². The highest BCUT2D eigenvalue weighted by atomic mass is 32.2. The summed E-state index contributed by atoms with van der Waals surface area (Å²) in [6, 6.07) is 9.51. The number of benzene rings is 1. The largest absolute Gasteiger partial charge is 0.326 e. The molecule has 1 fully saturated rings. The molecule has 32 heavy (non-hydrogen) atoms. The van der Waals surface area contributed by atoms with Crippen LogP contribution in [0, 0.1) is 0 Å². The summed E-state index contributed by atoms with van der Waals surface area (Å²) < 4.78 is 53.8. The van der Waals surface area contributed by atoms with Crippen LogP contribution in [-0.2, 0) is 24.8 Å². The van der Waals surface area contributed by atoms with Gasteiger partial charge in [0.15, 0.2) is 0 Å². The molecule has 1 saturated heterocycles. The molecular formula is C21H29N3O5S3. The number of thiophene rings is 1. The van der Waals surface area contributed by atoms with Gasteiger partial charge in [0.2, 0.25) is 15.9 Å². The fraction of sp³-hybridized carbons (Fsp3) is 0.476. The van der Waals surface area contributed by atoms with Crippen LogP contribution in [0.1, 0.15) is 38.5 Å². The second-order valence-electron chi connectivity index (χ2n) is 7.76. The van der Waals surface area contributed by atoms with Crippen LogP contribution in [0.15, 0.2) is 50.9 Å². The molecule has 8 nitrogen and oxygen atoms in total. The summed E-state index contributed by atoms with van der Waals surface area (Å²) >= 11 is 1.15. The van der Waals surface area contributed by atoms with Crippen LogP contribution in [-0.4, -0.2) is 58.0 Å². The maximum Gasteiger partial charge on any atom is 0.252 e. The molecule has 0 bridgehead atoms. The van der Waals surface area contributed by atoms with Crippen molar-refractivity contribution < 1.29 is 21.6 Å². The lowest BCUT2D eigenvalue weighted by Crippen LogP contribution is -2.32.